The van der Waals surface area contributed by atoms with Crippen molar-refractivity contribution in [3.05, 3.63) is 48.6 Å². The van der Waals surface area contributed by atoms with Crippen LogP contribution in [0.1, 0.15) is 41.5 Å². The highest BCUT2D eigenvalue weighted by Crippen LogP contribution is 2.29. The van der Waals surface area contributed by atoms with Crippen LogP contribution in [0.25, 0.3) is 0 Å². The van der Waals surface area contributed by atoms with Crippen molar-refractivity contribution >= 4 is 11.4 Å². The van der Waals surface area contributed by atoms with E-state index in [-0.39, 0.29) is 10.8 Å². The lowest BCUT2D eigenvalue weighted by molar-refractivity contribution is 0.499. The van der Waals surface area contributed by atoms with Crippen LogP contribution < -0.4 is 0 Å². The molecule has 0 bridgehead atoms. The molecule has 0 aliphatic carbocycles. The van der Waals surface area contributed by atoms with Crippen molar-refractivity contribution in [2.75, 3.05) is 13.1 Å². The Morgan fingerprint density at radius 3 is 1.91 bits per heavy atom. The molecule has 0 N–H and O–H groups in total. The minimum Gasteiger partial charge on any atom is -0.281 e. The highest BCUT2D eigenvalue weighted by molar-refractivity contribution is 6.10. The van der Waals surface area contributed by atoms with Crippen molar-refractivity contribution in [3.63, 3.8) is 0 Å². The van der Waals surface area contributed by atoms with Crippen LogP contribution in [0, 0.1) is 10.8 Å². The Labute approximate surface area is 136 Å². The number of nitrogens with zero attached hydrogens (tertiary/aromatic N) is 2. The lowest BCUT2D eigenvalue weighted by atomic mass is 9.84. The molecule has 2 heteroatoms. The van der Waals surface area contributed by atoms with Crippen LogP contribution in [0.15, 0.2) is 58.6 Å². The monoisotopic (exact) mass is 298 g/mol. The molecule has 0 spiro atoms. The first-order chi connectivity index (χ1) is 10.1. The Balaban J connectivity index is 0.000000220. The Morgan fingerprint density at radius 1 is 0.955 bits per heavy atom. The lowest BCUT2D eigenvalue weighted by Crippen LogP contribution is -2.14. The van der Waals surface area contributed by atoms with Crippen molar-refractivity contribution in [1.82, 2.24) is 0 Å². The highest BCUT2D eigenvalue weighted by Gasteiger charge is 2.22. The van der Waals surface area contributed by atoms with Crippen molar-refractivity contribution < 1.29 is 0 Å². The zero-order valence-corrected chi connectivity index (χ0v) is 15.0. The standard InChI is InChI=1S/2C10H15N/c1-5-9-6-8(7-11-9)10(2,3)4;1-5-9-8(6-7-11-9)10(2,3)4/h2*5-6H,1,7H2,2-4H3. The molecule has 0 aromatic heterocycles. The largest absolute Gasteiger partial charge is 0.281 e. The van der Waals surface area contributed by atoms with Gasteiger partial charge in [0.25, 0.3) is 0 Å². The van der Waals surface area contributed by atoms with Crippen LogP contribution in [0.5, 0.6) is 0 Å². The molecule has 2 rings (SSSR count). The molecule has 0 saturated carbocycles. The summed E-state index contributed by atoms with van der Waals surface area (Å²) in [6.07, 6.45) is 7.95. The Kier molecular flexibility index (Phi) is 5.87. The topological polar surface area (TPSA) is 24.7 Å². The van der Waals surface area contributed by atoms with E-state index in [4.69, 9.17) is 0 Å². The molecule has 2 heterocycles. The number of hydrogen-bond acceptors (Lipinski definition) is 2. The number of aliphatic imine (C=N–C) groups is 2. The molecule has 0 unspecified atom stereocenters. The Bertz CT molecular complexity index is 555. The van der Waals surface area contributed by atoms with Gasteiger partial charge in [0.05, 0.1) is 24.5 Å². The molecule has 0 saturated heterocycles. The molecule has 0 atom stereocenters. The van der Waals surface area contributed by atoms with E-state index in [0.717, 1.165) is 24.5 Å². The normalized spacial score (nSPS) is 17.7. The quantitative estimate of drug-likeness (QED) is 0.669. The fraction of sp³-hybridized carbons (Fsp3) is 0.500. The van der Waals surface area contributed by atoms with Crippen molar-refractivity contribution in [1.29, 1.82) is 0 Å². The van der Waals surface area contributed by atoms with Gasteiger partial charge in [0.2, 0.25) is 0 Å². The van der Waals surface area contributed by atoms with Gasteiger partial charge in [0.15, 0.2) is 0 Å². The van der Waals surface area contributed by atoms with Crippen LogP contribution >= 0.6 is 0 Å². The molecular weight excluding hydrogens is 268 g/mol. The second-order valence-electron chi connectivity index (χ2n) is 7.66. The first-order valence-corrected chi connectivity index (χ1v) is 7.85. The summed E-state index contributed by atoms with van der Waals surface area (Å²) in [5.41, 5.74) is 5.28. The van der Waals surface area contributed by atoms with Crippen LogP contribution in [0.2, 0.25) is 0 Å². The second kappa shape index (κ2) is 7.04. The number of allylic oxidation sites excluding steroid dienone is 4. The van der Waals surface area contributed by atoms with E-state index in [1.165, 1.54) is 11.1 Å². The third-order valence-corrected chi connectivity index (χ3v) is 3.76. The summed E-state index contributed by atoms with van der Waals surface area (Å²) < 4.78 is 0. The van der Waals surface area contributed by atoms with Gasteiger partial charge < -0.3 is 0 Å². The summed E-state index contributed by atoms with van der Waals surface area (Å²) in [5, 5.41) is 0. The molecule has 2 aliphatic heterocycles. The van der Waals surface area contributed by atoms with Crippen molar-refractivity contribution in [2.24, 2.45) is 20.8 Å². The maximum Gasteiger partial charge on any atom is 0.0615 e. The van der Waals surface area contributed by atoms with Crippen LogP contribution in [-0.2, 0) is 0 Å². The van der Waals surface area contributed by atoms with Crippen molar-refractivity contribution in [3.8, 4) is 0 Å². The molecule has 2 aliphatic rings. The molecule has 0 aromatic rings. The average Bonchev–Trinajstić information content (AvgIpc) is 3.06. The van der Waals surface area contributed by atoms with Gasteiger partial charge in [-0.2, -0.15) is 0 Å². The van der Waals surface area contributed by atoms with Gasteiger partial charge in [-0.05, 0) is 40.2 Å². The van der Waals surface area contributed by atoms with E-state index in [0.29, 0.717) is 0 Å². The molecule has 0 fully saturated rings. The van der Waals surface area contributed by atoms with E-state index in [2.05, 4.69) is 76.8 Å². The smallest absolute Gasteiger partial charge is 0.0615 e. The van der Waals surface area contributed by atoms with Crippen LogP contribution in [0.4, 0.5) is 0 Å². The lowest BCUT2D eigenvalue weighted by Gasteiger charge is -2.20. The van der Waals surface area contributed by atoms with E-state index in [9.17, 15) is 0 Å². The summed E-state index contributed by atoms with van der Waals surface area (Å²) >= 11 is 0. The molecule has 120 valence electrons. The van der Waals surface area contributed by atoms with Gasteiger partial charge in [-0.1, -0.05) is 60.8 Å². The number of rotatable bonds is 2. The van der Waals surface area contributed by atoms with Crippen molar-refractivity contribution in [2.45, 2.75) is 41.5 Å². The third-order valence-electron chi connectivity index (χ3n) is 3.76. The van der Waals surface area contributed by atoms with E-state index < -0.39 is 0 Å². The van der Waals surface area contributed by atoms with Gasteiger partial charge in [-0.15, -0.1) is 0 Å². The molecule has 2 nitrogen and oxygen atoms in total. The van der Waals surface area contributed by atoms with Crippen LogP contribution in [0.3, 0.4) is 0 Å². The zero-order valence-electron chi connectivity index (χ0n) is 15.0. The Morgan fingerprint density at radius 2 is 1.59 bits per heavy atom. The van der Waals surface area contributed by atoms with Gasteiger partial charge in [0.1, 0.15) is 0 Å². The fourth-order valence-electron chi connectivity index (χ4n) is 2.31. The first kappa shape index (κ1) is 18.3. The maximum absolute atomic E-state index is 4.31. The summed E-state index contributed by atoms with van der Waals surface area (Å²) in [5.74, 6) is 0. The molecular formula is C20H30N2. The fourth-order valence-corrected chi connectivity index (χ4v) is 2.31. The summed E-state index contributed by atoms with van der Waals surface area (Å²) in [6, 6.07) is 0. The third kappa shape index (κ3) is 4.94. The minimum absolute atomic E-state index is 0.212. The van der Waals surface area contributed by atoms with E-state index in [1.807, 2.05) is 6.08 Å². The molecule has 22 heavy (non-hydrogen) atoms. The van der Waals surface area contributed by atoms with E-state index >= 15 is 0 Å². The SMILES string of the molecule is C=CC1=NCC(C(C)(C)C)=C1.C=CC1=NCC=C1C(C)(C)C. The highest BCUT2D eigenvalue weighted by atomic mass is 14.8. The minimum atomic E-state index is 0.212. The van der Waals surface area contributed by atoms with E-state index in [1.54, 1.807) is 6.08 Å². The van der Waals surface area contributed by atoms with Gasteiger partial charge >= 0.3 is 0 Å². The first-order valence-electron chi connectivity index (χ1n) is 7.85. The molecule has 0 amide bonds. The van der Waals surface area contributed by atoms with Crippen LogP contribution in [-0.4, -0.2) is 24.5 Å². The summed E-state index contributed by atoms with van der Waals surface area (Å²) in [4.78, 5) is 8.62. The molecule has 0 radical (unpaired) electrons. The van der Waals surface area contributed by atoms with Gasteiger partial charge in [-0.3, -0.25) is 9.98 Å². The average molecular weight is 298 g/mol. The predicted molar refractivity (Wildman–Crippen MR) is 100 cm³/mol. The van der Waals surface area contributed by atoms with Gasteiger partial charge in [-0.25, -0.2) is 0 Å². The summed E-state index contributed by atoms with van der Waals surface area (Å²) in [6.45, 7) is 22.3. The maximum atomic E-state index is 4.31. The number of hydrogen-bond donors (Lipinski definition) is 0. The molecule has 0 aromatic carbocycles. The zero-order chi connectivity index (χ0) is 17.0. The summed E-state index contributed by atoms with van der Waals surface area (Å²) in [7, 11) is 0. The van der Waals surface area contributed by atoms with Gasteiger partial charge in [0, 0.05) is 0 Å². The second-order valence-corrected chi connectivity index (χ2v) is 7.66. The predicted octanol–water partition coefficient (Wildman–Crippen LogP) is 5.20. The Hall–Kier alpha value is -1.70.